The fourth-order valence-corrected chi connectivity index (χ4v) is 2.06. The summed E-state index contributed by atoms with van der Waals surface area (Å²) in [5.41, 5.74) is 0. The van der Waals surface area contributed by atoms with E-state index < -0.39 is 0 Å². The summed E-state index contributed by atoms with van der Waals surface area (Å²) in [6.07, 6.45) is 13.0. The van der Waals surface area contributed by atoms with Crippen molar-refractivity contribution in [2.75, 3.05) is 6.61 Å². The molecular weight excluding hydrogens is 200 g/mol. The van der Waals surface area contributed by atoms with Crippen molar-refractivity contribution in [3.63, 3.8) is 0 Å². The van der Waals surface area contributed by atoms with Crippen LogP contribution in [-0.2, 0) is 4.74 Å². The number of aliphatic hydroxyl groups excluding tert-OH is 1. The van der Waals surface area contributed by atoms with Gasteiger partial charge in [-0.2, -0.15) is 0 Å². The Kier molecular flexibility index (Phi) is 6.76. The first-order valence-electron chi connectivity index (χ1n) is 6.29. The van der Waals surface area contributed by atoms with Crippen molar-refractivity contribution < 1.29 is 9.84 Å². The van der Waals surface area contributed by atoms with Crippen LogP contribution in [0.4, 0.5) is 0 Å². The molecule has 90 valence electrons. The van der Waals surface area contributed by atoms with Crippen LogP contribution in [0.5, 0.6) is 0 Å². The van der Waals surface area contributed by atoms with Gasteiger partial charge in [0.15, 0.2) is 0 Å². The molecule has 1 saturated carbocycles. The first kappa shape index (κ1) is 13.1. The predicted octanol–water partition coefficient (Wildman–Crippen LogP) is 2.87. The minimum absolute atomic E-state index is 0.283. The Hall–Kier alpha value is -0.940. The van der Waals surface area contributed by atoms with Gasteiger partial charge in [-0.25, -0.2) is 0 Å². The van der Waals surface area contributed by atoms with Crippen LogP contribution in [0.15, 0.2) is 12.2 Å². The third-order valence-electron chi connectivity index (χ3n) is 2.97. The van der Waals surface area contributed by atoms with Crippen LogP contribution in [0.3, 0.4) is 0 Å². The summed E-state index contributed by atoms with van der Waals surface area (Å²) in [5, 5.41) is 9.91. The van der Waals surface area contributed by atoms with E-state index in [9.17, 15) is 5.11 Å². The van der Waals surface area contributed by atoms with E-state index in [0.717, 1.165) is 12.8 Å². The first-order valence-corrected chi connectivity index (χ1v) is 6.29. The number of allylic oxidation sites excluding steroid dienone is 1. The Bertz CT molecular complexity index is 254. The Morgan fingerprint density at radius 3 is 2.81 bits per heavy atom. The normalized spacial score (nSPS) is 19.1. The lowest BCUT2D eigenvalue weighted by atomic mass is 9.85. The molecule has 16 heavy (non-hydrogen) atoms. The first-order chi connectivity index (χ1) is 7.84. The van der Waals surface area contributed by atoms with Gasteiger partial charge in [-0.05, 0) is 25.7 Å². The molecule has 0 aromatic heterocycles. The van der Waals surface area contributed by atoms with Gasteiger partial charge in [0, 0.05) is 6.42 Å². The maximum absolute atomic E-state index is 9.91. The number of hydrogen-bond donors (Lipinski definition) is 1. The van der Waals surface area contributed by atoms with Crippen LogP contribution in [0.25, 0.3) is 0 Å². The van der Waals surface area contributed by atoms with Gasteiger partial charge in [0.2, 0.25) is 0 Å². The molecule has 2 nitrogen and oxygen atoms in total. The standard InChI is InChI=1S/C14H22O2/c1-2-16-12-8-4-7-11-14(15)13-9-5-3-6-10-13/h7,11,13-15H,2-6,9-10H2,1H3/b11-7+. The van der Waals surface area contributed by atoms with Gasteiger partial charge in [0.05, 0.1) is 12.7 Å². The molecule has 0 saturated heterocycles. The topological polar surface area (TPSA) is 29.5 Å². The van der Waals surface area contributed by atoms with E-state index in [1.807, 2.05) is 19.1 Å². The Labute approximate surface area is 98.7 Å². The highest BCUT2D eigenvalue weighted by atomic mass is 16.5. The second-order valence-electron chi connectivity index (χ2n) is 4.23. The highest BCUT2D eigenvalue weighted by Crippen LogP contribution is 2.26. The van der Waals surface area contributed by atoms with Gasteiger partial charge < -0.3 is 9.84 Å². The number of hydrogen-bond acceptors (Lipinski definition) is 2. The fourth-order valence-electron chi connectivity index (χ4n) is 2.06. The quantitative estimate of drug-likeness (QED) is 0.585. The molecule has 0 bridgehead atoms. The van der Waals surface area contributed by atoms with Gasteiger partial charge in [-0.3, -0.25) is 0 Å². The molecule has 1 fully saturated rings. The maximum Gasteiger partial charge on any atom is 0.110 e. The minimum Gasteiger partial charge on any atom is -0.447 e. The molecule has 1 atom stereocenters. The second kappa shape index (κ2) is 8.24. The van der Waals surface area contributed by atoms with Gasteiger partial charge in [0.1, 0.15) is 6.11 Å². The van der Waals surface area contributed by atoms with Crippen molar-refractivity contribution in [2.24, 2.45) is 5.92 Å². The zero-order valence-electron chi connectivity index (χ0n) is 10.1. The summed E-state index contributed by atoms with van der Waals surface area (Å²) >= 11 is 0. The maximum atomic E-state index is 9.91. The molecule has 1 N–H and O–H groups in total. The molecule has 0 aromatic rings. The number of rotatable bonds is 4. The van der Waals surface area contributed by atoms with Gasteiger partial charge in [0.25, 0.3) is 0 Å². The molecule has 1 aliphatic carbocycles. The predicted molar refractivity (Wildman–Crippen MR) is 65.7 cm³/mol. The third kappa shape index (κ3) is 5.23. The molecule has 0 radical (unpaired) electrons. The molecule has 1 aliphatic rings. The lowest BCUT2D eigenvalue weighted by Gasteiger charge is -2.24. The zero-order valence-corrected chi connectivity index (χ0v) is 10.1. The Balaban J connectivity index is 2.19. The molecule has 0 spiro atoms. The minimum atomic E-state index is -0.283. The molecule has 1 rings (SSSR count). The summed E-state index contributed by atoms with van der Waals surface area (Å²) in [7, 11) is 0. The van der Waals surface area contributed by atoms with Crippen molar-refractivity contribution >= 4 is 0 Å². The Morgan fingerprint density at radius 1 is 1.38 bits per heavy atom. The lowest BCUT2D eigenvalue weighted by molar-refractivity contribution is 0.125. The summed E-state index contributed by atoms with van der Waals surface area (Å²) < 4.78 is 4.90. The summed E-state index contributed by atoms with van der Waals surface area (Å²) in [6.45, 7) is 2.54. The SMILES string of the molecule is CCOC#CC/C=C/C(O)C1CCCCC1. The highest BCUT2D eigenvalue weighted by Gasteiger charge is 2.18. The smallest absolute Gasteiger partial charge is 0.110 e. The zero-order chi connectivity index (χ0) is 11.6. The van der Waals surface area contributed by atoms with Crippen molar-refractivity contribution in [1.29, 1.82) is 0 Å². The van der Waals surface area contributed by atoms with E-state index >= 15 is 0 Å². The van der Waals surface area contributed by atoms with Crippen LogP contribution in [0, 0.1) is 17.9 Å². The van der Waals surface area contributed by atoms with Crippen LogP contribution in [0.1, 0.15) is 45.4 Å². The van der Waals surface area contributed by atoms with E-state index in [0.29, 0.717) is 18.9 Å². The third-order valence-corrected chi connectivity index (χ3v) is 2.97. The van der Waals surface area contributed by atoms with E-state index in [1.54, 1.807) is 0 Å². The molecule has 1 unspecified atom stereocenters. The van der Waals surface area contributed by atoms with E-state index in [2.05, 4.69) is 12.0 Å². The summed E-state index contributed by atoms with van der Waals surface area (Å²) in [5.74, 6) is 3.34. The van der Waals surface area contributed by atoms with Crippen LogP contribution < -0.4 is 0 Å². The van der Waals surface area contributed by atoms with Crippen molar-refractivity contribution in [1.82, 2.24) is 0 Å². The average molecular weight is 222 g/mol. The van der Waals surface area contributed by atoms with Gasteiger partial charge in [-0.1, -0.05) is 37.3 Å². The van der Waals surface area contributed by atoms with Crippen molar-refractivity contribution in [2.45, 2.75) is 51.6 Å². The van der Waals surface area contributed by atoms with Gasteiger partial charge in [-0.15, -0.1) is 0 Å². The lowest BCUT2D eigenvalue weighted by Crippen LogP contribution is -2.20. The monoisotopic (exact) mass is 222 g/mol. The van der Waals surface area contributed by atoms with Crippen LogP contribution in [0.2, 0.25) is 0 Å². The van der Waals surface area contributed by atoms with E-state index in [1.165, 1.54) is 19.3 Å². The molecule has 0 heterocycles. The molecule has 0 aliphatic heterocycles. The fraction of sp³-hybridized carbons (Fsp3) is 0.714. The number of ether oxygens (including phenoxy) is 1. The summed E-state index contributed by atoms with van der Waals surface area (Å²) in [4.78, 5) is 0. The molecule has 0 amide bonds. The van der Waals surface area contributed by atoms with Crippen LogP contribution in [-0.4, -0.2) is 17.8 Å². The molecule has 0 aromatic carbocycles. The Morgan fingerprint density at radius 2 is 2.12 bits per heavy atom. The van der Waals surface area contributed by atoms with Crippen LogP contribution >= 0.6 is 0 Å². The second-order valence-corrected chi connectivity index (χ2v) is 4.23. The van der Waals surface area contributed by atoms with Crippen molar-refractivity contribution in [3.8, 4) is 12.0 Å². The van der Waals surface area contributed by atoms with Crippen molar-refractivity contribution in [3.05, 3.63) is 12.2 Å². The van der Waals surface area contributed by atoms with Gasteiger partial charge >= 0.3 is 0 Å². The molecule has 2 heteroatoms. The largest absolute Gasteiger partial charge is 0.447 e. The average Bonchev–Trinajstić information content (AvgIpc) is 2.34. The van der Waals surface area contributed by atoms with E-state index in [4.69, 9.17) is 4.74 Å². The number of aliphatic hydroxyl groups is 1. The highest BCUT2D eigenvalue weighted by molar-refractivity contribution is 5.02. The molecular formula is C14H22O2. The van der Waals surface area contributed by atoms with E-state index in [-0.39, 0.29) is 6.10 Å². The summed E-state index contributed by atoms with van der Waals surface area (Å²) in [6, 6.07) is 0.